The van der Waals surface area contributed by atoms with Crippen LogP contribution in [0.4, 0.5) is 14.7 Å². The number of anilines is 1. The SMILES string of the molecule is Cc1ccc2c(CS(=O)(=O)Cc3ccccc3)c(F)ccc2c1Oc1nnccc1-c1ccnc(N[C@@H]2CCC[C@@](C)(F)C2)n1. The summed E-state index contributed by atoms with van der Waals surface area (Å²) in [4.78, 5) is 9.01. The van der Waals surface area contributed by atoms with E-state index >= 15 is 4.39 Å². The zero-order valence-electron chi connectivity index (χ0n) is 25.0. The molecule has 1 aliphatic rings. The largest absolute Gasteiger partial charge is 0.436 e. The predicted molar refractivity (Wildman–Crippen MR) is 170 cm³/mol. The van der Waals surface area contributed by atoms with Crippen molar-refractivity contribution in [1.82, 2.24) is 20.2 Å². The lowest BCUT2D eigenvalue weighted by molar-refractivity contribution is 0.122. The van der Waals surface area contributed by atoms with Crippen LogP contribution in [-0.2, 0) is 21.3 Å². The minimum atomic E-state index is -3.69. The van der Waals surface area contributed by atoms with Gasteiger partial charge in [0.15, 0.2) is 9.84 Å². The van der Waals surface area contributed by atoms with E-state index in [1.54, 1.807) is 67.7 Å². The first kappa shape index (κ1) is 30.5. The molecule has 0 spiro atoms. The Morgan fingerprint density at radius 1 is 1.00 bits per heavy atom. The fourth-order valence-corrected chi connectivity index (χ4v) is 7.44. The first-order chi connectivity index (χ1) is 21.6. The van der Waals surface area contributed by atoms with Crippen LogP contribution in [0.1, 0.15) is 49.3 Å². The fourth-order valence-electron chi connectivity index (χ4n) is 5.91. The Kier molecular flexibility index (Phi) is 8.46. The summed E-state index contributed by atoms with van der Waals surface area (Å²) in [6.45, 7) is 3.47. The lowest BCUT2D eigenvalue weighted by Crippen LogP contribution is -2.35. The van der Waals surface area contributed by atoms with Gasteiger partial charge in [-0.1, -0.05) is 42.5 Å². The van der Waals surface area contributed by atoms with Gasteiger partial charge < -0.3 is 10.1 Å². The maximum atomic E-state index is 15.2. The number of hydrogen-bond acceptors (Lipinski definition) is 8. The molecule has 3 aromatic carbocycles. The van der Waals surface area contributed by atoms with Gasteiger partial charge in [0.25, 0.3) is 0 Å². The van der Waals surface area contributed by atoms with Crippen molar-refractivity contribution in [3.05, 3.63) is 102 Å². The van der Waals surface area contributed by atoms with E-state index in [2.05, 4.69) is 25.5 Å². The molecule has 45 heavy (non-hydrogen) atoms. The average molecular weight is 630 g/mol. The molecular weight excluding hydrogens is 596 g/mol. The monoisotopic (exact) mass is 629 g/mol. The quantitative estimate of drug-likeness (QED) is 0.178. The fraction of sp³-hybridized carbons (Fsp3) is 0.294. The van der Waals surface area contributed by atoms with Crippen LogP contribution >= 0.6 is 0 Å². The molecule has 1 saturated carbocycles. The highest BCUT2D eigenvalue weighted by atomic mass is 32.2. The zero-order chi connectivity index (χ0) is 31.6. The Morgan fingerprint density at radius 2 is 1.80 bits per heavy atom. The van der Waals surface area contributed by atoms with Gasteiger partial charge in [-0.25, -0.2) is 27.2 Å². The highest BCUT2D eigenvalue weighted by Crippen LogP contribution is 2.39. The maximum Gasteiger partial charge on any atom is 0.248 e. The molecule has 11 heteroatoms. The van der Waals surface area contributed by atoms with Crippen LogP contribution in [0, 0.1) is 12.7 Å². The van der Waals surface area contributed by atoms with Crippen molar-refractivity contribution in [3.63, 3.8) is 0 Å². The molecule has 0 aliphatic heterocycles. The number of alkyl halides is 1. The summed E-state index contributed by atoms with van der Waals surface area (Å²) < 4.78 is 62.5. The van der Waals surface area contributed by atoms with Gasteiger partial charge in [-0.3, -0.25) is 0 Å². The number of halogens is 2. The molecular formula is C34H33F2N5O3S. The maximum absolute atomic E-state index is 15.2. The number of fused-ring (bicyclic) bond motifs is 1. The number of nitrogens with one attached hydrogen (secondary N) is 1. The first-order valence-corrected chi connectivity index (χ1v) is 16.6. The summed E-state index contributed by atoms with van der Waals surface area (Å²) in [5.74, 6) is -0.353. The molecule has 0 bridgehead atoms. The average Bonchev–Trinajstić information content (AvgIpc) is 3.00. The van der Waals surface area contributed by atoms with Crippen molar-refractivity contribution in [2.75, 3.05) is 5.32 Å². The number of hydrogen-bond donors (Lipinski definition) is 1. The molecule has 5 aromatic rings. The van der Waals surface area contributed by atoms with Crippen molar-refractivity contribution < 1.29 is 21.9 Å². The van der Waals surface area contributed by atoms with Gasteiger partial charge in [-0.05, 0) is 73.9 Å². The summed E-state index contributed by atoms with van der Waals surface area (Å²) in [6, 6.07) is 18.5. The second kappa shape index (κ2) is 12.5. The third-order valence-electron chi connectivity index (χ3n) is 8.07. The van der Waals surface area contributed by atoms with Crippen molar-refractivity contribution in [2.24, 2.45) is 0 Å². The summed E-state index contributed by atoms with van der Waals surface area (Å²) in [5, 5.41) is 12.5. The number of rotatable bonds is 9. The third kappa shape index (κ3) is 7.09. The highest BCUT2D eigenvalue weighted by Gasteiger charge is 2.32. The Labute approximate surface area is 260 Å². The van der Waals surface area contributed by atoms with Gasteiger partial charge in [0.1, 0.15) is 17.2 Å². The van der Waals surface area contributed by atoms with Gasteiger partial charge in [-0.15, -0.1) is 5.10 Å². The molecule has 1 N–H and O–H groups in total. The van der Waals surface area contributed by atoms with Crippen molar-refractivity contribution in [2.45, 2.75) is 62.7 Å². The summed E-state index contributed by atoms with van der Waals surface area (Å²) in [5.41, 5.74) is 1.28. The minimum absolute atomic E-state index is 0.0752. The Balaban J connectivity index is 1.31. The summed E-state index contributed by atoms with van der Waals surface area (Å²) in [7, 11) is -3.69. The molecule has 1 fully saturated rings. The number of benzene rings is 3. The Hall–Kier alpha value is -4.51. The van der Waals surface area contributed by atoms with Crippen LogP contribution in [0.5, 0.6) is 11.6 Å². The molecule has 8 nitrogen and oxygen atoms in total. The van der Waals surface area contributed by atoms with Crippen molar-refractivity contribution >= 4 is 26.6 Å². The Bertz CT molecular complexity index is 1960. The van der Waals surface area contributed by atoms with E-state index in [1.165, 1.54) is 12.3 Å². The number of nitrogens with zero attached hydrogens (tertiary/aromatic N) is 4. The van der Waals surface area contributed by atoms with E-state index in [0.717, 1.165) is 18.4 Å². The van der Waals surface area contributed by atoms with Crippen molar-refractivity contribution in [3.8, 4) is 22.9 Å². The summed E-state index contributed by atoms with van der Waals surface area (Å²) in [6.07, 6.45) is 5.66. The molecule has 2 aromatic heterocycles. The van der Waals surface area contributed by atoms with E-state index in [4.69, 9.17) is 4.74 Å². The molecule has 232 valence electrons. The zero-order valence-corrected chi connectivity index (χ0v) is 25.8. The topological polar surface area (TPSA) is 107 Å². The van der Waals surface area contributed by atoms with Crippen LogP contribution in [0.15, 0.2) is 79.1 Å². The number of aromatic nitrogens is 4. The standard InChI is InChI=1S/C34H33F2N5O3S/c1-22-10-11-25-26(12-13-29(35)28(25)21-45(42,43)20-23-7-4-3-5-8-23)31(22)44-32-27(14-18-38-41-32)30-15-17-37-33(40-30)39-24-9-6-16-34(2,36)19-24/h3-5,7-8,10-15,17-18,24H,6,9,16,19-21H2,1-2H3,(H,37,39,40)/t24-,34-/m1/s1. The minimum Gasteiger partial charge on any atom is -0.436 e. The van der Waals surface area contributed by atoms with Crippen molar-refractivity contribution in [1.29, 1.82) is 0 Å². The van der Waals surface area contributed by atoms with Gasteiger partial charge >= 0.3 is 0 Å². The highest BCUT2D eigenvalue weighted by molar-refractivity contribution is 7.89. The Morgan fingerprint density at radius 3 is 2.60 bits per heavy atom. The molecule has 2 atom stereocenters. The second-order valence-corrected chi connectivity index (χ2v) is 13.9. The normalized spacial score (nSPS) is 18.5. The molecule has 0 radical (unpaired) electrons. The second-order valence-electron chi connectivity index (χ2n) is 11.8. The number of ether oxygens (including phenoxy) is 1. The van der Waals surface area contributed by atoms with Crippen LogP contribution in [-0.4, -0.2) is 40.3 Å². The van der Waals surface area contributed by atoms with Gasteiger partial charge in [0, 0.05) is 29.6 Å². The molecule has 2 heterocycles. The van der Waals surface area contributed by atoms with Gasteiger partial charge in [0.05, 0.1) is 29.0 Å². The third-order valence-corrected chi connectivity index (χ3v) is 9.57. The molecule has 0 unspecified atom stereocenters. The van der Waals surface area contributed by atoms with E-state index in [1.807, 2.05) is 13.0 Å². The molecule has 6 rings (SSSR count). The first-order valence-electron chi connectivity index (χ1n) is 14.8. The predicted octanol–water partition coefficient (Wildman–Crippen LogP) is 7.52. The molecule has 0 amide bonds. The molecule has 0 saturated heterocycles. The molecule has 1 aliphatic carbocycles. The van der Waals surface area contributed by atoms with Crippen LogP contribution in [0.2, 0.25) is 0 Å². The van der Waals surface area contributed by atoms with Gasteiger partial charge in [0.2, 0.25) is 11.8 Å². The van der Waals surface area contributed by atoms with E-state index in [0.29, 0.717) is 52.1 Å². The van der Waals surface area contributed by atoms with E-state index in [-0.39, 0.29) is 23.2 Å². The van der Waals surface area contributed by atoms with Gasteiger partial charge in [-0.2, -0.15) is 5.10 Å². The number of sulfone groups is 1. The number of aryl methyl sites for hydroxylation is 1. The van der Waals surface area contributed by atoms with Crippen LogP contribution < -0.4 is 10.1 Å². The smallest absolute Gasteiger partial charge is 0.248 e. The van der Waals surface area contributed by atoms with E-state index in [9.17, 15) is 12.8 Å². The lowest BCUT2D eigenvalue weighted by Gasteiger charge is -2.32. The van der Waals surface area contributed by atoms with Crippen LogP contribution in [0.3, 0.4) is 0 Å². The van der Waals surface area contributed by atoms with Crippen LogP contribution in [0.25, 0.3) is 22.0 Å². The van der Waals surface area contributed by atoms with E-state index < -0.39 is 27.1 Å². The summed E-state index contributed by atoms with van der Waals surface area (Å²) >= 11 is 0. The lowest BCUT2D eigenvalue weighted by atomic mass is 9.85.